The Balaban J connectivity index is 1.78. The number of aromatic nitrogens is 2. The zero-order valence-corrected chi connectivity index (χ0v) is 9.20. The third-order valence-electron chi connectivity index (χ3n) is 2.28. The van der Waals surface area contributed by atoms with Crippen molar-refractivity contribution in [3.05, 3.63) is 42.1 Å². The first-order valence-electron chi connectivity index (χ1n) is 4.86. The maximum absolute atomic E-state index is 5.14. The number of hydrogen-bond acceptors (Lipinski definition) is 5. The lowest BCUT2D eigenvalue weighted by molar-refractivity contribution is 0.512. The molecule has 0 fully saturated rings. The summed E-state index contributed by atoms with van der Waals surface area (Å²) in [4.78, 5) is 8.09. The van der Waals surface area contributed by atoms with Crippen LogP contribution in [0.4, 0.5) is 5.69 Å². The number of nitrogens with zero attached hydrogens (tertiary/aromatic N) is 2. The fourth-order valence-corrected chi connectivity index (χ4v) is 2.20. The van der Waals surface area contributed by atoms with E-state index in [-0.39, 0.29) is 0 Å². The van der Waals surface area contributed by atoms with Gasteiger partial charge in [-0.15, -0.1) is 11.3 Å². The molecule has 0 aliphatic heterocycles. The summed E-state index contributed by atoms with van der Waals surface area (Å²) >= 11 is 1.64. The number of oxazole rings is 1. The number of thiazole rings is 1. The molecule has 0 bridgehead atoms. The van der Waals surface area contributed by atoms with Crippen LogP contribution in [0.25, 0.3) is 10.2 Å². The van der Waals surface area contributed by atoms with Crippen molar-refractivity contribution >= 4 is 27.2 Å². The molecule has 0 aliphatic rings. The van der Waals surface area contributed by atoms with Crippen LogP contribution in [0.1, 0.15) is 5.76 Å². The molecule has 80 valence electrons. The Morgan fingerprint density at radius 3 is 3.25 bits per heavy atom. The van der Waals surface area contributed by atoms with Crippen molar-refractivity contribution in [2.45, 2.75) is 6.54 Å². The van der Waals surface area contributed by atoms with Gasteiger partial charge in [-0.1, -0.05) is 0 Å². The summed E-state index contributed by atoms with van der Waals surface area (Å²) < 4.78 is 6.33. The highest BCUT2D eigenvalue weighted by molar-refractivity contribution is 7.16. The molecule has 1 aromatic carbocycles. The van der Waals surface area contributed by atoms with Gasteiger partial charge in [0.05, 0.1) is 28.5 Å². The SMILES string of the molecule is c1ncc(CNc2ccc3ncsc3c2)o1. The van der Waals surface area contributed by atoms with Gasteiger partial charge in [-0.05, 0) is 18.2 Å². The highest BCUT2D eigenvalue weighted by atomic mass is 32.1. The molecule has 0 saturated carbocycles. The lowest BCUT2D eigenvalue weighted by Gasteiger charge is -2.03. The summed E-state index contributed by atoms with van der Waals surface area (Å²) in [6.45, 7) is 0.643. The molecule has 0 aliphatic carbocycles. The Labute approximate surface area is 96.0 Å². The van der Waals surface area contributed by atoms with Crippen LogP contribution >= 0.6 is 11.3 Å². The number of rotatable bonds is 3. The predicted molar refractivity (Wildman–Crippen MR) is 63.4 cm³/mol. The van der Waals surface area contributed by atoms with Gasteiger partial charge in [-0.25, -0.2) is 9.97 Å². The molecule has 0 amide bonds. The quantitative estimate of drug-likeness (QED) is 0.753. The molecule has 1 N–H and O–H groups in total. The normalized spacial score (nSPS) is 10.8. The average Bonchev–Trinajstić information content (AvgIpc) is 2.97. The molecular weight excluding hydrogens is 222 g/mol. The third-order valence-corrected chi connectivity index (χ3v) is 3.07. The largest absolute Gasteiger partial charge is 0.447 e. The molecule has 0 atom stereocenters. The minimum absolute atomic E-state index is 0.643. The average molecular weight is 231 g/mol. The minimum atomic E-state index is 0.643. The van der Waals surface area contributed by atoms with Gasteiger partial charge in [0.25, 0.3) is 0 Å². The highest BCUT2D eigenvalue weighted by Crippen LogP contribution is 2.22. The summed E-state index contributed by atoms with van der Waals surface area (Å²) in [5.41, 5.74) is 3.95. The minimum Gasteiger partial charge on any atom is -0.447 e. The topological polar surface area (TPSA) is 51.0 Å². The van der Waals surface area contributed by atoms with Crippen molar-refractivity contribution in [2.24, 2.45) is 0 Å². The van der Waals surface area contributed by atoms with Gasteiger partial charge in [0.1, 0.15) is 5.76 Å². The van der Waals surface area contributed by atoms with Crippen LogP contribution in [0.5, 0.6) is 0 Å². The second kappa shape index (κ2) is 3.94. The van der Waals surface area contributed by atoms with E-state index in [1.165, 1.54) is 11.1 Å². The van der Waals surface area contributed by atoms with Gasteiger partial charge >= 0.3 is 0 Å². The number of benzene rings is 1. The van der Waals surface area contributed by atoms with Gasteiger partial charge in [-0.2, -0.15) is 0 Å². The van der Waals surface area contributed by atoms with Crippen molar-refractivity contribution in [3.63, 3.8) is 0 Å². The fourth-order valence-electron chi connectivity index (χ4n) is 1.48. The van der Waals surface area contributed by atoms with Crippen molar-refractivity contribution in [2.75, 3.05) is 5.32 Å². The predicted octanol–water partition coefficient (Wildman–Crippen LogP) is 2.90. The van der Waals surface area contributed by atoms with E-state index in [2.05, 4.69) is 21.4 Å². The van der Waals surface area contributed by atoms with Crippen LogP contribution in [0, 0.1) is 0 Å². The molecule has 2 aromatic heterocycles. The molecule has 0 unspecified atom stereocenters. The van der Waals surface area contributed by atoms with Crippen LogP contribution < -0.4 is 5.32 Å². The monoisotopic (exact) mass is 231 g/mol. The van der Waals surface area contributed by atoms with Gasteiger partial charge in [0.2, 0.25) is 0 Å². The summed E-state index contributed by atoms with van der Waals surface area (Å²) in [6, 6.07) is 6.11. The van der Waals surface area contributed by atoms with E-state index in [1.807, 2.05) is 17.6 Å². The van der Waals surface area contributed by atoms with E-state index in [0.29, 0.717) is 6.54 Å². The van der Waals surface area contributed by atoms with Crippen molar-refractivity contribution in [1.82, 2.24) is 9.97 Å². The molecular formula is C11H9N3OS. The number of hydrogen-bond donors (Lipinski definition) is 1. The Kier molecular flexibility index (Phi) is 2.30. The number of fused-ring (bicyclic) bond motifs is 1. The van der Waals surface area contributed by atoms with Crippen LogP contribution in [-0.2, 0) is 6.54 Å². The lowest BCUT2D eigenvalue weighted by Crippen LogP contribution is -1.97. The van der Waals surface area contributed by atoms with Crippen LogP contribution in [0.2, 0.25) is 0 Å². The van der Waals surface area contributed by atoms with Crippen molar-refractivity contribution in [3.8, 4) is 0 Å². The summed E-state index contributed by atoms with van der Waals surface area (Å²) in [5.74, 6) is 0.824. The summed E-state index contributed by atoms with van der Waals surface area (Å²) in [5, 5.41) is 3.27. The molecule has 0 radical (unpaired) electrons. The van der Waals surface area contributed by atoms with E-state index >= 15 is 0 Å². The zero-order chi connectivity index (χ0) is 10.8. The molecule has 3 rings (SSSR count). The molecule has 4 nitrogen and oxygen atoms in total. The molecule has 0 spiro atoms. The van der Waals surface area contributed by atoms with Crippen LogP contribution in [0.3, 0.4) is 0 Å². The lowest BCUT2D eigenvalue weighted by atomic mass is 10.3. The molecule has 5 heteroatoms. The Morgan fingerprint density at radius 2 is 2.38 bits per heavy atom. The van der Waals surface area contributed by atoms with Gasteiger partial charge in [-0.3, -0.25) is 0 Å². The number of nitrogens with one attached hydrogen (secondary N) is 1. The van der Waals surface area contributed by atoms with E-state index < -0.39 is 0 Å². The first kappa shape index (κ1) is 9.35. The molecule has 0 saturated heterocycles. The Bertz CT molecular complexity index is 588. The fraction of sp³-hybridized carbons (Fsp3) is 0.0909. The van der Waals surface area contributed by atoms with Crippen LogP contribution in [-0.4, -0.2) is 9.97 Å². The van der Waals surface area contributed by atoms with Gasteiger partial charge in [0, 0.05) is 5.69 Å². The van der Waals surface area contributed by atoms with Gasteiger partial charge < -0.3 is 9.73 Å². The van der Waals surface area contributed by atoms with Crippen LogP contribution in [0.15, 0.2) is 40.7 Å². The highest BCUT2D eigenvalue weighted by Gasteiger charge is 2.00. The van der Waals surface area contributed by atoms with E-state index in [9.17, 15) is 0 Å². The molecule has 16 heavy (non-hydrogen) atoms. The maximum Gasteiger partial charge on any atom is 0.180 e. The second-order valence-electron chi connectivity index (χ2n) is 3.36. The molecule has 3 aromatic rings. The first-order valence-corrected chi connectivity index (χ1v) is 5.74. The van der Waals surface area contributed by atoms with Crippen molar-refractivity contribution < 1.29 is 4.42 Å². The van der Waals surface area contributed by atoms with E-state index in [0.717, 1.165) is 17.0 Å². The Morgan fingerprint density at radius 1 is 1.38 bits per heavy atom. The standard InChI is InChI=1S/C11H9N3OS/c1-2-10-11(16-7-14-10)3-8(1)13-5-9-4-12-6-15-9/h1-4,6-7,13H,5H2. The summed E-state index contributed by atoms with van der Waals surface area (Å²) in [6.07, 6.45) is 3.14. The summed E-state index contributed by atoms with van der Waals surface area (Å²) in [7, 11) is 0. The van der Waals surface area contributed by atoms with Crippen molar-refractivity contribution in [1.29, 1.82) is 0 Å². The zero-order valence-electron chi connectivity index (χ0n) is 8.38. The van der Waals surface area contributed by atoms with E-state index in [1.54, 1.807) is 17.5 Å². The maximum atomic E-state index is 5.14. The smallest absolute Gasteiger partial charge is 0.180 e. The molecule has 2 heterocycles. The Hall–Kier alpha value is -1.88. The first-order chi connectivity index (χ1) is 7.92. The third kappa shape index (κ3) is 1.77. The second-order valence-corrected chi connectivity index (χ2v) is 4.24. The van der Waals surface area contributed by atoms with Gasteiger partial charge in [0.15, 0.2) is 6.39 Å². The number of anilines is 1. The van der Waals surface area contributed by atoms with E-state index in [4.69, 9.17) is 4.42 Å².